The molecule has 0 radical (unpaired) electrons. The van der Waals surface area contributed by atoms with Crippen molar-refractivity contribution < 1.29 is 18.0 Å². The van der Waals surface area contributed by atoms with Gasteiger partial charge in [-0.3, -0.25) is 9.59 Å². The summed E-state index contributed by atoms with van der Waals surface area (Å²) in [6.07, 6.45) is 1.44. The van der Waals surface area contributed by atoms with Crippen LogP contribution in [0.5, 0.6) is 0 Å². The lowest BCUT2D eigenvalue weighted by atomic mass is 10.0. The number of para-hydroxylation sites is 1. The Morgan fingerprint density at radius 2 is 1.74 bits per heavy atom. The number of rotatable bonds is 8. The van der Waals surface area contributed by atoms with E-state index in [1.54, 1.807) is 7.05 Å². The topological polar surface area (TPSA) is 117 Å². The van der Waals surface area contributed by atoms with E-state index in [1.165, 1.54) is 6.07 Å². The molecule has 0 unspecified atom stereocenters. The highest BCUT2D eigenvalue weighted by atomic mass is 19.1. The van der Waals surface area contributed by atoms with Gasteiger partial charge in [-0.1, -0.05) is 6.07 Å². The second-order valence-corrected chi connectivity index (χ2v) is 9.75. The van der Waals surface area contributed by atoms with Gasteiger partial charge in [0.15, 0.2) is 11.6 Å². The van der Waals surface area contributed by atoms with Crippen molar-refractivity contribution in [3.05, 3.63) is 75.5 Å². The molecule has 1 saturated heterocycles. The lowest BCUT2D eigenvalue weighted by Gasteiger charge is -2.36. The Hall–Kier alpha value is -3.90. The molecule has 1 aliphatic rings. The standard InChI is InChI=1S/C27H32F3N7O2/c1-15(2)33-24-17(14-32-3)25(36-11-9-16(31)10-12-36)22(13-20(24)30)34-27(39)21-7-8-23(38)37(35-21)26-18(28)5-4-6-19(26)29/h4-8,13,15-16,32-33H,9-12,14,31H2,1-3H3,(H,34,39). The highest BCUT2D eigenvalue weighted by molar-refractivity contribution is 6.05. The number of hydrogen-bond donors (Lipinski definition) is 4. The molecule has 208 valence electrons. The first-order chi connectivity index (χ1) is 18.6. The average molecular weight is 544 g/mol. The van der Waals surface area contributed by atoms with E-state index in [1.807, 2.05) is 13.8 Å². The molecular weight excluding hydrogens is 511 g/mol. The van der Waals surface area contributed by atoms with E-state index in [9.17, 15) is 18.4 Å². The van der Waals surface area contributed by atoms with Crippen LogP contribution >= 0.6 is 0 Å². The first-order valence-electron chi connectivity index (χ1n) is 12.7. The summed E-state index contributed by atoms with van der Waals surface area (Å²) in [5.74, 6) is -3.37. The first kappa shape index (κ1) is 28.1. The van der Waals surface area contributed by atoms with Gasteiger partial charge in [0.2, 0.25) is 0 Å². The fourth-order valence-corrected chi connectivity index (χ4v) is 4.64. The van der Waals surface area contributed by atoms with Crippen LogP contribution in [0.1, 0.15) is 42.7 Å². The van der Waals surface area contributed by atoms with Crippen molar-refractivity contribution in [1.82, 2.24) is 15.1 Å². The molecule has 5 N–H and O–H groups in total. The molecule has 2 heterocycles. The first-order valence-corrected chi connectivity index (χ1v) is 12.7. The number of carbonyl (C=O) groups excluding carboxylic acids is 1. The average Bonchev–Trinajstić information content (AvgIpc) is 2.88. The maximum Gasteiger partial charge on any atom is 0.276 e. The minimum atomic E-state index is -1.01. The van der Waals surface area contributed by atoms with Crippen LogP contribution in [0.3, 0.4) is 0 Å². The number of anilines is 3. The molecule has 0 spiro atoms. The summed E-state index contributed by atoms with van der Waals surface area (Å²) in [5, 5.41) is 12.9. The monoisotopic (exact) mass is 543 g/mol. The molecule has 0 atom stereocenters. The molecule has 0 saturated carbocycles. The second-order valence-electron chi connectivity index (χ2n) is 9.75. The molecular formula is C27H32F3N7O2. The van der Waals surface area contributed by atoms with Gasteiger partial charge in [-0.15, -0.1) is 0 Å². The number of piperidine rings is 1. The fraction of sp³-hybridized carbons (Fsp3) is 0.370. The summed E-state index contributed by atoms with van der Waals surface area (Å²) in [7, 11) is 1.74. The van der Waals surface area contributed by atoms with Crippen LogP contribution in [0.15, 0.2) is 41.2 Å². The highest BCUT2D eigenvalue weighted by Gasteiger charge is 2.27. The largest absolute Gasteiger partial charge is 0.380 e. The molecule has 1 aliphatic heterocycles. The number of nitrogens with one attached hydrogen (secondary N) is 3. The summed E-state index contributed by atoms with van der Waals surface area (Å²) in [6, 6.07) is 6.48. The normalized spacial score (nSPS) is 14.1. The van der Waals surface area contributed by atoms with E-state index < -0.39 is 34.6 Å². The molecule has 9 nitrogen and oxygen atoms in total. The van der Waals surface area contributed by atoms with Gasteiger partial charge in [-0.05, 0) is 51.9 Å². The van der Waals surface area contributed by atoms with E-state index in [2.05, 4.69) is 25.9 Å². The maximum atomic E-state index is 15.5. The van der Waals surface area contributed by atoms with E-state index in [-0.39, 0.29) is 23.5 Å². The summed E-state index contributed by atoms with van der Waals surface area (Å²) in [5.41, 5.74) is 6.07. The molecule has 1 fully saturated rings. The molecule has 4 rings (SSSR count). The quantitative estimate of drug-likeness (QED) is 0.344. The molecule has 0 aliphatic carbocycles. The van der Waals surface area contributed by atoms with Crippen molar-refractivity contribution in [2.75, 3.05) is 35.7 Å². The van der Waals surface area contributed by atoms with E-state index >= 15 is 4.39 Å². The molecule has 1 amide bonds. The predicted molar refractivity (Wildman–Crippen MR) is 145 cm³/mol. The van der Waals surface area contributed by atoms with Crippen molar-refractivity contribution in [2.45, 2.75) is 45.3 Å². The molecule has 12 heteroatoms. The van der Waals surface area contributed by atoms with Gasteiger partial charge in [-0.2, -0.15) is 9.78 Å². The minimum absolute atomic E-state index is 0.0461. The van der Waals surface area contributed by atoms with Gasteiger partial charge in [0.05, 0.1) is 17.1 Å². The summed E-state index contributed by atoms with van der Waals surface area (Å²) < 4.78 is 44.7. The van der Waals surface area contributed by atoms with Crippen LogP contribution in [-0.4, -0.2) is 47.9 Å². The number of amides is 1. The van der Waals surface area contributed by atoms with Crippen LogP contribution in [0, 0.1) is 17.5 Å². The third-order valence-electron chi connectivity index (χ3n) is 6.43. The van der Waals surface area contributed by atoms with Gasteiger partial charge in [0.1, 0.15) is 17.2 Å². The number of aromatic nitrogens is 2. The molecule has 39 heavy (non-hydrogen) atoms. The summed E-state index contributed by atoms with van der Waals surface area (Å²) in [6.45, 7) is 5.31. The van der Waals surface area contributed by atoms with Crippen LogP contribution in [0.25, 0.3) is 5.69 Å². The van der Waals surface area contributed by atoms with Crippen molar-refractivity contribution in [2.24, 2.45) is 5.73 Å². The van der Waals surface area contributed by atoms with Crippen LogP contribution in [0.4, 0.5) is 30.2 Å². The Morgan fingerprint density at radius 3 is 2.36 bits per heavy atom. The third-order valence-corrected chi connectivity index (χ3v) is 6.43. The zero-order valence-corrected chi connectivity index (χ0v) is 22.0. The summed E-state index contributed by atoms with van der Waals surface area (Å²) >= 11 is 0. The van der Waals surface area contributed by atoms with Crippen molar-refractivity contribution in [3.63, 3.8) is 0 Å². The lowest BCUT2D eigenvalue weighted by molar-refractivity contribution is 0.102. The zero-order valence-electron chi connectivity index (χ0n) is 22.0. The Morgan fingerprint density at radius 1 is 1.08 bits per heavy atom. The summed E-state index contributed by atoms with van der Waals surface area (Å²) in [4.78, 5) is 27.8. The molecule has 1 aromatic heterocycles. The molecule has 0 bridgehead atoms. The second kappa shape index (κ2) is 11.9. The number of benzene rings is 2. The maximum absolute atomic E-state index is 15.5. The van der Waals surface area contributed by atoms with E-state index in [0.717, 1.165) is 43.2 Å². The number of nitrogens with zero attached hydrogens (tertiary/aromatic N) is 3. The van der Waals surface area contributed by atoms with E-state index in [0.29, 0.717) is 41.3 Å². The van der Waals surface area contributed by atoms with Crippen molar-refractivity contribution in [3.8, 4) is 5.69 Å². The zero-order chi connectivity index (χ0) is 28.3. The van der Waals surface area contributed by atoms with Gasteiger partial charge in [0.25, 0.3) is 11.5 Å². The Balaban J connectivity index is 1.79. The number of carbonyl (C=O) groups is 1. The van der Waals surface area contributed by atoms with Crippen LogP contribution < -0.4 is 32.1 Å². The number of nitrogens with two attached hydrogens (primary N) is 1. The highest BCUT2D eigenvalue weighted by Crippen LogP contribution is 2.39. The van der Waals surface area contributed by atoms with Gasteiger partial charge in [0, 0.05) is 49.4 Å². The van der Waals surface area contributed by atoms with Gasteiger partial charge < -0.3 is 26.6 Å². The number of hydrogen-bond acceptors (Lipinski definition) is 7. The predicted octanol–water partition coefficient (Wildman–Crippen LogP) is 3.37. The van der Waals surface area contributed by atoms with E-state index in [4.69, 9.17) is 5.73 Å². The van der Waals surface area contributed by atoms with Crippen molar-refractivity contribution >= 4 is 23.0 Å². The SMILES string of the molecule is CNCc1c(NC(C)C)c(F)cc(NC(=O)c2ccc(=O)n(-c3c(F)cccc3F)n2)c1N1CCC(N)CC1. The Kier molecular flexibility index (Phi) is 8.56. The molecule has 3 aromatic rings. The van der Waals surface area contributed by atoms with Crippen LogP contribution in [0.2, 0.25) is 0 Å². The Labute approximate surface area is 224 Å². The Bertz CT molecular complexity index is 1400. The molecule has 2 aromatic carbocycles. The number of halogens is 3. The van der Waals surface area contributed by atoms with Crippen molar-refractivity contribution in [1.29, 1.82) is 0 Å². The lowest BCUT2D eigenvalue weighted by Crippen LogP contribution is -2.41. The minimum Gasteiger partial charge on any atom is -0.380 e. The van der Waals surface area contributed by atoms with Gasteiger partial charge >= 0.3 is 0 Å². The smallest absolute Gasteiger partial charge is 0.276 e. The van der Waals surface area contributed by atoms with Crippen LogP contribution in [-0.2, 0) is 6.54 Å². The fourth-order valence-electron chi connectivity index (χ4n) is 4.64. The third kappa shape index (κ3) is 6.07. The van der Waals surface area contributed by atoms with Gasteiger partial charge in [-0.25, -0.2) is 13.2 Å².